The van der Waals surface area contributed by atoms with E-state index in [4.69, 9.17) is 0 Å². The second-order valence-corrected chi connectivity index (χ2v) is 8.28. The van der Waals surface area contributed by atoms with E-state index in [1.54, 1.807) is 73.1 Å². The van der Waals surface area contributed by atoms with Crippen molar-refractivity contribution in [1.29, 1.82) is 0 Å². The smallest absolute Gasteiger partial charge is 0.269 e. The number of carbonyl (C=O) groups is 1. The molecule has 3 aromatic rings. The molecule has 7 nitrogen and oxygen atoms in total. The zero-order valence-corrected chi connectivity index (χ0v) is 16.8. The van der Waals surface area contributed by atoms with Gasteiger partial charge in [0.05, 0.1) is 16.8 Å². The lowest BCUT2D eigenvalue weighted by Crippen LogP contribution is -2.26. The van der Waals surface area contributed by atoms with Crippen molar-refractivity contribution in [2.75, 3.05) is 11.4 Å². The van der Waals surface area contributed by atoms with E-state index in [2.05, 4.69) is 15.5 Å². The summed E-state index contributed by atoms with van der Waals surface area (Å²) >= 11 is 0. The van der Waals surface area contributed by atoms with Crippen molar-refractivity contribution >= 4 is 27.8 Å². The van der Waals surface area contributed by atoms with E-state index in [-0.39, 0.29) is 4.90 Å². The number of hydrogen-bond acceptors (Lipinski definition) is 5. The Morgan fingerprint density at radius 3 is 2.24 bits per heavy atom. The molecule has 1 heterocycles. The maximum Gasteiger partial charge on any atom is 0.271 e. The maximum absolute atomic E-state index is 12.8. The maximum atomic E-state index is 12.8. The van der Waals surface area contributed by atoms with Crippen LogP contribution in [0, 0.1) is 6.92 Å². The first-order chi connectivity index (χ1) is 13.9. The molecule has 29 heavy (non-hydrogen) atoms. The van der Waals surface area contributed by atoms with Gasteiger partial charge in [-0.1, -0.05) is 17.7 Å². The molecule has 0 aliphatic rings. The van der Waals surface area contributed by atoms with Crippen molar-refractivity contribution in [2.45, 2.75) is 11.8 Å². The molecule has 3 rings (SSSR count). The minimum atomic E-state index is -3.68. The molecule has 0 aliphatic heterocycles. The van der Waals surface area contributed by atoms with E-state index < -0.39 is 15.9 Å². The lowest BCUT2D eigenvalue weighted by Gasteiger charge is -2.19. The number of anilines is 1. The summed E-state index contributed by atoms with van der Waals surface area (Å²) in [6.45, 7) is 1.89. The molecule has 2 aromatic carbocycles. The van der Waals surface area contributed by atoms with Gasteiger partial charge >= 0.3 is 0 Å². The molecule has 0 fully saturated rings. The average molecular weight is 408 g/mol. The lowest BCUT2D eigenvalue weighted by atomic mass is 10.2. The number of sulfonamides is 1. The molecule has 1 aromatic heterocycles. The summed E-state index contributed by atoms with van der Waals surface area (Å²) in [6.07, 6.45) is 4.77. The van der Waals surface area contributed by atoms with Gasteiger partial charge in [0.25, 0.3) is 15.9 Å². The second kappa shape index (κ2) is 8.66. The highest BCUT2D eigenvalue weighted by Crippen LogP contribution is 2.22. The van der Waals surface area contributed by atoms with Gasteiger partial charge in [0.15, 0.2) is 0 Å². The van der Waals surface area contributed by atoms with Crippen LogP contribution in [0.5, 0.6) is 0 Å². The van der Waals surface area contributed by atoms with Crippen LogP contribution in [0.4, 0.5) is 5.69 Å². The molecule has 148 valence electrons. The molecule has 0 atom stereocenters. The fourth-order valence-electron chi connectivity index (χ4n) is 2.51. The van der Waals surface area contributed by atoms with Crippen LogP contribution in [0.25, 0.3) is 0 Å². The number of hydrazone groups is 1. The van der Waals surface area contributed by atoms with Gasteiger partial charge in [-0.25, -0.2) is 13.8 Å². The molecule has 0 spiro atoms. The molecule has 0 radical (unpaired) electrons. The number of aromatic nitrogens is 1. The summed E-state index contributed by atoms with van der Waals surface area (Å²) in [5.41, 5.74) is 5.03. The quantitative estimate of drug-likeness (QED) is 0.501. The Morgan fingerprint density at radius 2 is 1.62 bits per heavy atom. The second-order valence-electron chi connectivity index (χ2n) is 6.31. The van der Waals surface area contributed by atoms with Crippen LogP contribution in [0.15, 0.2) is 83.1 Å². The predicted molar refractivity (Wildman–Crippen MR) is 113 cm³/mol. The van der Waals surface area contributed by atoms with Gasteiger partial charge in [-0.15, -0.1) is 0 Å². The molecule has 0 unspecified atom stereocenters. The van der Waals surface area contributed by atoms with Gasteiger partial charge < -0.3 is 0 Å². The molecule has 1 N–H and O–H groups in total. The molecular weight excluding hydrogens is 388 g/mol. The fraction of sp³-hybridized carbons (Fsp3) is 0.0952. The SMILES string of the molecule is Cc1ccc(S(=O)(=O)N(C)c2ccc(C(=O)N/N=C\c3ccncc3)cc2)cc1. The van der Waals surface area contributed by atoms with Gasteiger partial charge in [0, 0.05) is 25.0 Å². The fourth-order valence-corrected chi connectivity index (χ4v) is 3.70. The van der Waals surface area contributed by atoms with Crippen LogP contribution in [0.3, 0.4) is 0 Å². The van der Waals surface area contributed by atoms with E-state index in [9.17, 15) is 13.2 Å². The summed E-state index contributed by atoms with van der Waals surface area (Å²) in [6, 6.07) is 16.4. The summed E-state index contributed by atoms with van der Waals surface area (Å²) in [4.78, 5) is 16.3. The number of amides is 1. The normalized spacial score (nSPS) is 11.4. The van der Waals surface area contributed by atoms with E-state index >= 15 is 0 Å². The highest BCUT2D eigenvalue weighted by molar-refractivity contribution is 7.92. The number of rotatable bonds is 6. The number of benzene rings is 2. The van der Waals surface area contributed by atoms with E-state index in [1.165, 1.54) is 17.6 Å². The monoisotopic (exact) mass is 408 g/mol. The highest BCUT2D eigenvalue weighted by atomic mass is 32.2. The van der Waals surface area contributed by atoms with Crippen LogP contribution in [0.2, 0.25) is 0 Å². The van der Waals surface area contributed by atoms with Gasteiger partial charge in [-0.3, -0.25) is 14.1 Å². The zero-order valence-electron chi connectivity index (χ0n) is 16.0. The first kappa shape index (κ1) is 20.2. The minimum absolute atomic E-state index is 0.206. The molecule has 8 heteroatoms. The van der Waals surface area contributed by atoms with Crippen molar-refractivity contribution in [1.82, 2.24) is 10.4 Å². The van der Waals surface area contributed by atoms with Gasteiger partial charge in [-0.05, 0) is 61.0 Å². The first-order valence-corrected chi connectivity index (χ1v) is 10.2. The van der Waals surface area contributed by atoms with Crippen molar-refractivity contribution in [3.8, 4) is 0 Å². The standard InChI is InChI=1S/C21H20N4O3S/c1-16-3-9-20(10-4-16)29(27,28)25(2)19-7-5-18(6-8-19)21(26)24-23-15-17-11-13-22-14-12-17/h3-15H,1-2H3,(H,24,26)/b23-15-. The van der Waals surface area contributed by atoms with Crippen molar-refractivity contribution in [3.05, 3.63) is 89.7 Å². The summed E-state index contributed by atoms with van der Waals surface area (Å²) in [5, 5.41) is 3.90. The first-order valence-electron chi connectivity index (χ1n) is 8.77. The third-order valence-corrected chi connectivity index (χ3v) is 6.06. The lowest BCUT2D eigenvalue weighted by molar-refractivity contribution is 0.0955. The molecule has 0 saturated heterocycles. The number of carbonyl (C=O) groups excluding carboxylic acids is 1. The van der Waals surface area contributed by atoms with Crippen molar-refractivity contribution < 1.29 is 13.2 Å². The summed E-state index contributed by atoms with van der Waals surface area (Å²) in [7, 11) is -2.21. The van der Waals surface area contributed by atoms with Gasteiger partial charge in [-0.2, -0.15) is 5.10 Å². The van der Waals surface area contributed by atoms with Crippen LogP contribution < -0.4 is 9.73 Å². The number of nitrogens with one attached hydrogen (secondary N) is 1. The summed E-state index contributed by atoms with van der Waals surface area (Å²) in [5.74, 6) is -0.397. The Morgan fingerprint density at radius 1 is 1.00 bits per heavy atom. The highest BCUT2D eigenvalue weighted by Gasteiger charge is 2.21. The Kier molecular flexibility index (Phi) is 6.04. The van der Waals surface area contributed by atoms with Gasteiger partial charge in [0.2, 0.25) is 0 Å². The topological polar surface area (TPSA) is 91.7 Å². The molecule has 0 bridgehead atoms. The average Bonchev–Trinajstić information content (AvgIpc) is 2.74. The van der Waals surface area contributed by atoms with Crippen LogP contribution >= 0.6 is 0 Å². The van der Waals surface area contributed by atoms with Crippen LogP contribution in [0.1, 0.15) is 21.5 Å². The van der Waals surface area contributed by atoms with E-state index in [0.29, 0.717) is 11.3 Å². The Bertz CT molecular complexity index is 1110. The van der Waals surface area contributed by atoms with Crippen LogP contribution in [-0.4, -0.2) is 32.6 Å². The molecule has 0 saturated carbocycles. The Labute approximate surface area is 169 Å². The zero-order chi connectivity index (χ0) is 20.9. The predicted octanol–water partition coefficient (Wildman–Crippen LogP) is 2.98. The van der Waals surface area contributed by atoms with E-state index in [1.807, 2.05) is 6.92 Å². The molecule has 1 amide bonds. The largest absolute Gasteiger partial charge is 0.271 e. The number of nitrogens with zero attached hydrogens (tertiary/aromatic N) is 3. The number of hydrogen-bond donors (Lipinski definition) is 1. The van der Waals surface area contributed by atoms with Crippen LogP contribution in [-0.2, 0) is 10.0 Å². The van der Waals surface area contributed by atoms with Crippen molar-refractivity contribution in [3.63, 3.8) is 0 Å². The van der Waals surface area contributed by atoms with E-state index in [0.717, 1.165) is 11.1 Å². The number of aryl methyl sites for hydroxylation is 1. The minimum Gasteiger partial charge on any atom is -0.269 e. The van der Waals surface area contributed by atoms with Gasteiger partial charge in [0.1, 0.15) is 0 Å². The molecular formula is C21H20N4O3S. The Balaban J connectivity index is 1.69. The molecule has 0 aliphatic carbocycles. The third kappa shape index (κ3) is 4.85. The summed E-state index contributed by atoms with van der Waals surface area (Å²) < 4.78 is 26.7. The third-order valence-electron chi connectivity index (χ3n) is 4.26. The Hall–Kier alpha value is -3.52. The van der Waals surface area contributed by atoms with Crippen molar-refractivity contribution in [2.24, 2.45) is 5.10 Å². The number of pyridine rings is 1.